The summed E-state index contributed by atoms with van der Waals surface area (Å²) >= 11 is 0. The summed E-state index contributed by atoms with van der Waals surface area (Å²) in [5, 5.41) is 0. The van der Waals surface area contributed by atoms with Gasteiger partial charge in [0.1, 0.15) is 0 Å². The van der Waals surface area contributed by atoms with Gasteiger partial charge in [-0.1, -0.05) is 32.8 Å². The molecule has 8 heteroatoms. The Morgan fingerprint density at radius 2 is 1.92 bits per heavy atom. The Kier molecular flexibility index (Phi) is 6.77. The van der Waals surface area contributed by atoms with Gasteiger partial charge in [0, 0.05) is 18.2 Å². The fraction of sp³-hybridized carbons (Fsp3) is 0.556. The van der Waals surface area contributed by atoms with Gasteiger partial charge in [0.2, 0.25) is 10.0 Å². The average molecular weight is 382 g/mol. The number of nitrogens with zero attached hydrogens (tertiary/aromatic N) is 1. The third-order valence-electron chi connectivity index (χ3n) is 4.46. The molecular formula is C18H26N2O5S. The van der Waals surface area contributed by atoms with E-state index in [-0.39, 0.29) is 17.5 Å². The van der Waals surface area contributed by atoms with E-state index in [1.165, 1.54) is 0 Å². The van der Waals surface area contributed by atoms with Crippen molar-refractivity contribution >= 4 is 21.9 Å². The predicted molar refractivity (Wildman–Crippen MR) is 98.2 cm³/mol. The van der Waals surface area contributed by atoms with Crippen molar-refractivity contribution in [1.82, 2.24) is 9.79 Å². The van der Waals surface area contributed by atoms with Crippen molar-refractivity contribution in [3.63, 3.8) is 0 Å². The first-order valence-corrected chi connectivity index (χ1v) is 10.8. The van der Waals surface area contributed by atoms with Crippen molar-refractivity contribution < 1.29 is 22.8 Å². The number of carbonyl (C=O) groups excluding carboxylic acids is 2. The Morgan fingerprint density at radius 3 is 2.50 bits per heavy atom. The Labute approximate surface area is 154 Å². The van der Waals surface area contributed by atoms with Gasteiger partial charge >= 0.3 is 5.97 Å². The molecule has 1 aliphatic heterocycles. The molecule has 1 N–H and O–H groups in total. The number of amides is 1. The smallest absolute Gasteiger partial charge is 0.351 e. The van der Waals surface area contributed by atoms with Crippen LogP contribution >= 0.6 is 0 Å². The molecule has 0 spiro atoms. The maximum atomic E-state index is 13.0. The summed E-state index contributed by atoms with van der Waals surface area (Å²) in [6.45, 7) is 4.75. The van der Waals surface area contributed by atoms with Gasteiger partial charge in [0.15, 0.2) is 0 Å². The zero-order chi connectivity index (χ0) is 19.3. The van der Waals surface area contributed by atoms with Gasteiger partial charge in [-0.05, 0) is 41.8 Å². The molecule has 144 valence electrons. The summed E-state index contributed by atoms with van der Waals surface area (Å²) in [5.41, 5.74) is 1.32. The molecule has 2 rings (SSSR count). The standard InChI is InChI=1S/C18H26N2O5S/c1-4-7-13(8-5-2)20-12-11-14-15(17(20)21)9-6-10-16(14)18(22)25-19-26(3,23)24/h6,9-10,13,19H,4-5,7-8,11-12H2,1-3H3. The van der Waals surface area contributed by atoms with E-state index in [4.69, 9.17) is 0 Å². The van der Waals surface area contributed by atoms with Gasteiger partial charge in [-0.3, -0.25) is 4.79 Å². The Morgan fingerprint density at radius 1 is 1.27 bits per heavy atom. The first-order valence-electron chi connectivity index (χ1n) is 8.89. The molecule has 1 amide bonds. The van der Waals surface area contributed by atoms with Crippen LogP contribution in [0.1, 0.15) is 65.8 Å². The van der Waals surface area contributed by atoms with Crippen LogP contribution in [0, 0.1) is 0 Å². The van der Waals surface area contributed by atoms with Crippen molar-refractivity contribution in [2.24, 2.45) is 0 Å². The van der Waals surface area contributed by atoms with Gasteiger partial charge in [-0.15, -0.1) is 0 Å². The molecule has 0 fully saturated rings. The number of fused-ring (bicyclic) bond motifs is 1. The molecule has 1 aromatic rings. The highest BCUT2D eigenvalue weighted by molar-refractivity contribution is 7.88. The van der Waals surface area contributed by atoms with Crippen molar-refractivity contribution in [2.45, 2.75) is 52.0 Å². The molecule has 0 aliphatic carbocycles. The van der Waals surface area contributed by atoms with Crippen molar-refractivity contribution in [3.8, 4) is 0 Å². The second-order valence-electron chi connectivity index (χ2n) is 6.56. The number of benzene rings is 1. The van der Waals surface area contributed by atoms with E-state index in [9.17, 15) is 18.0 Å². The van der Waals surface area contributed by atoms with E-state index in [0.717, 1.165) is 31.9 Å². The Bertz CT molecular complexity index is 770. The molecule has 0 saturated heterocycles. The highest BCUT2D eigenvalue weighted by Gasteiger charge is 2.31. The normalized spacial score (nSPS) is 14.5. The van der Waals surface area contributed by atoms with E-state index in [1.54, 1.807) is 23.1 Å². The largest absolute Gasteiger partial charge is 0.358 e. The molecule has 1 heterocycles. The van der Waals surface area contributed by atoms with E-state index in [2.05, 4.69) is 18.7 Å². The minimum atomic E-state index is -3.66. The highest BCUT2D eigenvalue weighted by Crippen LogP contribution is 2.27. The van der Waals surface area contributed by atoms with Crippen molar-refractivity contribution in [2.75, 3.05) is 12.8 Å². The van der Waals surface area contributed by atoms with Crippen LogP contribution in [0.2, 0.25) is 0 Å². The van der Waals surface area contributed by atoms with Crippen LogP contribution in [0.3, 0.4) is 0 Å². The number of sulfonamides is 1. The number of nitrogens with one attached hydrogen (secondary N) is 1. The monoisotopic (exact) mass is 382 g/mol. The van der Waals surface area contributed by atoms with E-state index in [0.29, 0.717) is 24.1 Å². The van der Waals surface area contributed by atoms with Crippen LogP contribution in [0.5, 0.6) is 0 Å². The summed E-state index contributed by atoms with van der Waals surface area (Å²) in [7, 11) is -3.66. The Balaban J connectivity index is 2.26. The lowest BCUT2D eigenvalue weighted by atomic mass is 9.91. The summed E-state index contributed by atoms with van der Waals surface area (Å²) in [5.74, 6) is -0.893. The molecule has 0 radical (unpaired) electrons. The molecule has 1 aliphatic rings. The third kappa shape index (κ3) is 4.82. The number of carbonyl (C=O) groups is 2. The molecule has 1 aromatic carbocycles. The summed E-state index contributed by atoms with van der Waals surface area (Å²) in [4.78, 5) is 33.4. The van der Waals surface area contributed by atoms with E-state index >= 15 is 0 Å². The molecule has 0 aromatic heterocycles. The molecule has 0 saturated carbocycles. The molecule has 26 heavy (non-hydrogen) atoms. The minimum absolute atomic E-state index is 0.0797. The molecule has 0 atom stereocenters. The fourth-order valence-electron chi connectivity index (χ4n) is 3.38. The van der Waals surface area contributed by atoms with Crippen LogP contribution in [-0.2, 0) is 21.3 Å². The SMILES string of the molecule is CCCC(CCC)N1CCc2c(C(=O)ONS(C)(=O)=O)cccc2C1=O. The van der Waals surface area contributed by atoms with Crippen LogP contribution < -0.4 is 4.89 Å². The van der Waals surface area contributed by atoms with Crippen molar-refractivity contribution in [3.05, 3.63) is 34.9 Å². The summed E-state index contributed by atoms with van der Waals surface area (Å²) in [6.07, 6.45) is 5.35. The van der Waals surface area contributed by atoms with Gasteiger partial charge in [0.25, 0.3) is 5.91 Å². The maximum absolute atomic E-state index is 13.0. The number of hydrogen-bond donors (Lipinski definition) is 1. The van der Waals surface area contributed by atoms with E-state index in [1.807, 2.05) is 4.90 Å². The topological polar surface area (TPSA) is 92.8 Å². The van der Waals surface area contributed by atoms with Gasteiger partial charge in [-0.2, -0.15) is 0 Å². The molecular weight excluding hydrogens is 356 g/mol. The predicted octanol–water partition coefficient (Wildman–Crippen LogP) is 2.27. The maximum Gasteiger partial charge on any atom is 0.358 e. The number of hydrogen-bond acceptors (Lipinski definition) is 5. The molecule has 7 nitrogen and oxygen atoms in total. The van der Waals surface area contributed by atoms with Gasteiger partial charge < -0.3 is 9.74 Å². The highest BCUT2D eigenvalue weighted by atomic mass is 32.2. The van der Waals surface area contributed by atoms with Crippen LogP contribution in [0.4, 0.5) is 0 Å². The zero-order valence-corrected chi connectivity index (χ0v) is 16.3. The Hall–Kier alpha value is -1.93. The lowest BCUT2D eigenvalue weighted by Crippen LogP contribution is -2.45. The van der Waals surface area contributed by atoms with Crippen LogP contribution in [0.25, 0.3) is 0 Å². The second-order valence-corrected chi connectivity index (χ2v) is 8.27. The first-order chi connectivity index (χ1) is 12.3. The van der Waals surface area contributed by atoms with Crippen LogP contribution in [-0.4, -0.2) is 44.0 Å². The first kappa shape index (κ1) is 20.4. The van der Waals surface area contributed by atoms with Gasteiger partial charge in [-0.25, -0.2) is 13.2 Å². The summed E-state index contributed by atoms with van der Waals surface area (Å²) < 4.78 is 22.2. The quantitative estimate of drug-likeness (QED) is 0.696. The minimum Gasteiger partial charge on any atom is -0.351 e. The molecule has 0 unspecified atom stereocenters. The second kappa shape index (κ2) is 8.64. The van der Waals surface area contributed by atoms with E-state index < -0.39 is 16.0 Å². The average Bonchev–Trinajstić information content (AvgIpc) is 2.59. The summed E-state index contributed by atoms with van der Waals surface area (Å²) in [6, 6.07) is 5.07. The van der Waals surface area contributed by atoms with Crippen LogP contribution in [0.15, 0.2) is 18.2 Å². The lowest BCUT2D eigenvalue weighted by Gasteiger charge is -2.36. The van der Waals surface area contributed by atoms with Crippen molar-refractivity contribution in [1.29, 1.82) is 0 Å². The number of rotatable bonds is 8. The fourth-order valence-corrected chi connectivity index (χ4v) is 3.60. The zero-order valence-electron chi connectivity index (χ0n) is 15.4. The third-order valence-corrected chi connectivity index (χ3v) is 4.85. The van der Waals surface area contributed by atoms with Gasteiger partial charge in [0.05, 0.1) is 11.8 Å². The lowest BCUT2D eigenvalue weighted by molar-refractivity contribution is 0.0406. The molecule has 0 bridgehead atoms.